The highest BCUT2D eigenvalue weighted by Gasteiger charge is 2.16. The van der Waals surface area contributed by atoms with Gasteiger partial charge in [-0.05, 0) is 44.4 Å². The van der Waals surface area contributed by atoms with E-state index in [0.717, 1.165) is 5.56 Å². The third-order valence-electron chi connectivity index (χ3n) is 2.68. The second kappa shape index (κ2) is 7.31. The first-order valence-corrected chi connectivity index (χ1v) is 7.05. The number of carbonyl (C=O) groups is 1. The highest BCUT2D eigenvalue weighted by molar-refractivity contribution is 6.65. The van der Waals surface area contributed by atoms with Crippen molar-refractivity contribution in [3.8, 4) is 0 Å². The van der Waals surface area contributed by atoms with Crippen molar-refractivity contribution in [2.24, 2.45) is 5.16 Å². The van der Waals surface area contributed by atoms with E-state index in [4.69, 9.17) is 21.5 Å². The van der Waals surface area contributed by atoms with Crippen molar-refractivity contribution in [1.82, 2.24) is 0 Å². The number of anilines is 1. The van der Waals surface area contributed by atoms with Crippen LogP contribution in [0.3, 0.4) is 0 Å². The summed E-state index contributed by atoms with van der Waals surface area (Å²) in [5.74, 6) is 0.0637. The van der Waals surface area contributed by atoms with Gasteiger partial charge in [0.25, 0.3) is 0 Å². The lowest BCUT2D eigenvalue weighted by Gasteiger charge is -2.20. The van der Waals surface area contributed by atoms with Crippen LogP contribution in [0.2, 0.25) is 0 Å². The molecule has 0 bridgehead atoms. The molecule has 1 amide bonds. The number of ether oxygens (including phenoxy) is 1. The summed E-state index contributed by atoms with van der Waals surface area (Å²) in [5, 5.41) is 14.4. The minimum absolute atomic E-state index is 0.0637. The molecule has 116 valence electrons. The van der Waals surface area contributed by atoms with Gasteiger partial charge in [0.05, 0.1) is 0 Å². The van der Waals surface area contributed by atoms with Crippen molar-refractivity contribution in [3.05, 3.63) is 29.8 Å². The zero-order valence-corrected chi connectivity index (χ0v) is 13.4. The molecule has 1 rings (SSSR count). The van der Waals surface area contributed by atoms with Crippen molar-refractivity contribution in [2.45, 2.75) is 45.6 Å². The molecule has 2 N–H and O–H groups in total. The number of hydrogen-bond acceptors (Lipinski definition) is 4. The van der Waals surface area contributed by atoms with Gasteiger partial charge in [0, 0.05) is 12.1 Å². The van der Waals surface area contributed by atoms with Gasteiger partial charge >= 0.3 is 6.09 Å². The van der Waals surface area contributed by atoms with E-state index in [1.807, 2.05) is 25.1 Å². The summed E-state index contributed by atoms with van der Waals surface area (Å²) < 4.78 is 5.20. The number of rotatable bonds is 4. The van der Waals surface area contributed by atoms with Gasteiger partial charge in [0.1, 0.15) is 10.8 Å². The van der Waals surface area contributed by atoms with Gasteiger partial charge in [-0.25, -0.2) is 4.79 Å². The maximum atomic E-state index is 11.7. The number of nitrogens with one attached hydrogen (secondary N) is 1. The standard InChI is InChI=1S/C15H21ClN2O3/c1-10(8-13(16)18-20)11-6-5-7-12(9-11)17-14(19)21-15(2,3)4/h5-7,9-10,20H,8H2,1-4H3,(H,17,19). The number of hydrogen-bond donors (Lipinski definition) is 2. The molecule has 5 nitrogen and oxygen atoms in total. The van der Waals surface area contributed by atoms with E-state index >= 15 is 0 Å². The van der Waals surface area contributed by atoms with Crippen LogP contribution in [0.15, 0.2) is 29.4 Å². The summed E-state index contributed by atoms with van der Waals surface area (Å²) >= 11 is 5.72. The SMILES string of the molecule is CC(CC(Cl)=NO)c1cccc(NC(=O)OC(C)(C)C)c1. The quantitative estimate of drug-likeness (QED) is 0.486. The lowest BCUT2D eigenvalue weighted by atomic mass is 9.98. The van der Waals surface area contributed by atoms with Crippen LogP contribution in [0.25, 0.3) is 0 Å². The molecule has 0 aliphatic carbocycles. The van der Waals surface area contributed by atoms with E-state index in [1.165, 1.54) is 0 Å². The molecule has 1 aromatic carbocycles. The Balaban J connectivity index is 2.74. The van der Waals surface area contributed by atoms with Gasteiger partial charge in [-0.15, -0.1) is 0 Å². The van der Waals surface area contributed by atoms with E-state index in [-0.39, 0.29) is 11.1 Å². The molecule has 1 aromatic rings. The molecule has 0 aromatic heterocycles. The lowest BCUT2D eigenvalue weighted by Crippen LogP contribution is -2.27. The van der Waals surface area contributed by atoms with Gasteiger partial charge in [-0.2, -0.15) is 0 Å². The molecule has 0 heterocycles. The molecule has 0 radical (unpaired) electrons. The van der Waals surface area contributed by atoms with Crippen LogP contribution in [0, 0.1) is 0 Å². The molecule has 0 saturated carbocycles. The predicted molar refractivity (Wildman–Crippen MR) is 84.4 cm³/mol. The van der Waals surface area contributed by atoms with E-state index in [1.54, 1.807) is 26.8 Å². The van der Waals surface area contributed by atoms with Crippen LogP contribution in [0.4, 0.5) is 10.5 Å². The van der Waals surface area contributed by atoms with Gasteiger partial charge in [-0.1, -0.05) is 35.8 Å². The van der Waals surface area contributed by atoms with Crippen LogP contribution < -0.4 is 5.32 Å². The topological polar surface area (TPSA) is 70.9 Å². The molecule has 0 aliphatic heterocycles. The normalized spacial score (nSPS) is 13.7. The third kappa shape index (κ3) is 6.49. The molecular weight excluding hydrogens is 292 g/mol. The van der Waals surface area contributed by atoms with Gasteiger partial charge in [0.2, 0.25) is 0 Å². The summed E-state index contributed by atoms with van der Waals surface area (Å²) in [6, 6.07) is 7.38. The summed E-state index contributed by atoms with van der Waals surface area (Å²) in [6.07, 6.45) is -0.0734. The number of amides is 1. The largest absolute Gasteiger partial charge is 0.444 e. The monoisotopic (exact) mass is 312 g/mol. The molecule has 0 spiro atoms. The van der Waals surface area contributed by atoms with Gasteiger partial charge in [-0.3, -0.25) is 5.32 Å². The Labute approximate surface area is 129 Å². The smallest absolute Gasteiger partial charge is 0.412 e. The zero-order chi connectivity index (χ0) is 16.0. The number of carbonyl (C=O) groups excluding carboxylic acids is 1. The van der Waals surface area contributed by atoms with Crippen LogP contribution in [-0.4, -0.2) is 22.1 Å². The summed E-state index contributed by atoms with van der Waals surface area (Å²) in [5.41, 5.74) is 1.08. The second-order valence-electron chi connectivity index (χ2n) is 5.83. The van der Waals surface area contributed by atoms with E-state index in [2.05, 4.69) is 10.5 Å². The molecule has 21 heavy (non-hydrogen) atoms. The summed E-state index contributed by atoms with van der Waals surface area (Å²) in [7, 11) is 0. The maximum Gasteiger partial charge on any atom is 0.412 e. The average molecular weight is 313 g/mol. The molecule has 1 unspecified atom stereocenters. The zero-order valence-electron chi connectivity index (χ0n) is 12.7. The first-order valence-electron chi connectivity index (χ1n) is 6.67. The van der Waals surface area contributed by atoms with E-state index < -0.39 is 11.7 Å². The summed E-state index contributed by atoms with van der Waals surface area (Å²) in [4.78, 5) is 11.7. The minimum Gasteiger partial charge on any atom is -0.444 e. The molecule has 0 fully saturated rings. The van der Waals surface area contributed by atoms with Crippen molar-refractivity contribution in [1.29, 1.82) is 0 Å². The Bertz CT molecular complexity index is 524. The highest BCUT2D eigenvalue weighted by atomic mass is 35.5. The van der Waals surface area contributed by atoms with Crippen LogP contribution in [0.5, 0.6) is 0 Å². The molecule has 0 aliphatic rings. The van der Waals surface area contributed by atoms with Crippen LogP contribution in [-0.2, 0) is 4.74 Å². The number of nitrogens with zero attached hydrogens (tertiary/aromatic N) is 1. The lowest BCUT2D eigenvalue weighted by molar-refractivity contribution is 0.0636. The first-order chi connectivity index (χ1) is 9.71. The molecule has 1 atom stereocenters. The molecule has 0 saturated heterocycles. The number of benzene rings is 1. The maximum absolute atomic E-state index is 11.7. The fourth-order valence-corrected chi connectivity index (χ4v) is 1.99. The Morgan fingerprint density at radius 2 is 2.14 bits per heavy atom. The minimum atomic E-state index is -0.542. The van der Waals surface area contributed by atoms with Crippen molar-refractivity contribution in [3.63, 3.8) is 0 Å². The Morgan fingerprint density at radius 3 is 2.71 bits per heavy atom. The van der Waals surface area contributed by atoms with Crippen molar-refractivity contribution < 1.29 is 14.7 Å². The third-order valence-corrected chi connectivity index (χ3v) is 2.91. The van der Waals surface area contributed by atoms with E-state index in [9.17, 15) is 4.79 Å². The Kier molecular flexibility index (Phi) is 6.03. The van der Waals surface area contributed by atoms with Gasteiger partial charge < -0.3 is 9.94 Å². The van der Waals surface area contributed by atoms with Crippen LogP contribution in [0.1, 0.15) is 45.6 Å². The molecular formula is C15H21ClN2O3. The van der Waals surface area contributed by atoms with Crippen LogP contribution >= 0.6 is 11.6 Å². The summed E-state index contributed by atoms with van der Waals surface area (Å²) in [6.45, 7) is 7.38. The fraction of sp³-hybridized carbons (Fsp3) is 0.467. The number of oxime groups is 1. The van der Waals surface area contributed by atoms with Gasteiger partial charge in [0.15, 0.2) is 0 Å². The first kappa shape index (κ1) is 17.3. The molecule has 6 heteroatoms. The average Bonchev–Trinajstić information content (AvgIpc) is 2.36. The highest BCUT2D eigenvalue weighted by Crippen LogP contribution is 2.23. The van der Waals surface area contributed by atoms with Crippen molar-refractivity contribution in [2.75, 3.05) is 5.32 Å². The predicted octanol–water partition coefficient (Wildman–Crippen LogP) is 4.55. The fourth-order valence-electron chi connectivity index (χ4n) is 1.76. The van der Waals surface area contributed by atoms with E-state index in [0.29, 0.717) is 12.1 Å². The Hall–Kier alpha value is -1.75. The second-order valence-corrected chi connectivity index (χ2v) is 6.27. The number of halogens is 1. The van der Waals surface area contributed by atoms with Crippen molar-refractivity contribution >= 4 is 28.6 Å². The Morgan fingerprint density at radius 1 is 1.48 bits per heavy atom.